The lowest BCUT2D eigenvalue weighted by molar-refractivity contribution is -0.140. The van der Waals surface area contributed by atoms with E-state index in [4.69, 9.17) is 0 Å². The Hall–Kier alpha value is -2.81. The Balaban J connectivity index is 2.16. The number of nitrogens with zero attached hydrogens (tertiary/aromatic N) is 1. The number of nitriles is 1. The molecule has 0 saturated heterocycles. The summed E-state index contributed by atoms with van der Waals surface area (Å²) in [6.07, 6.45) is -4.74. The van der Waals surface area contributed by atoms with E-state index >= 15 is 0 Å². The van der Waals surface area contributed by atoms with E-state index in [2.05, 4.69) is 0 Å². The van der Waals surface area contributed by atoms with Crippen LogP contribution in [0, 0.1) is 11.3 Å². The summed E-state index contributed by atoms with van der Waals surface area (Å²) >= 11 is 0. The van der Waals surface area contributed by atoms with Crippen LogP contribution in [0.15, 0.2) is 48.5 Å². The molecular formula is C18H13F3N2O. The van der Waals surface area contributed by atoms with E-state index in [9.17, 15) is 23.2 Å². The molecule has 122 valence electrons. The van der Waals surface area contributed by atoms with Gasteiger partial charge < -0.3 is 5.32 Å². The number of nitrogens with one attached hydrogen (secondary N) is 1. The number of benzene rings is 2. The van der Waals surface area contributed by atoms with Gasteiger partial charge in [-0.2, -0.15) is 18.4 Å². The molecule has 0 radical (unpaired) electrons. The van der Waals surface area contributed by atoms with Gasteiger partial charge in [-0.3, -0.25) is 4.79 Å². The molecule has 1 aliphatic carbocycles. The monoisotopic (exact) mass is 330 g/mol. The average Bonchev–Trinajstić information content (AvgIpc) is 2.84. The fourth-order valence-corrected chi connectivity index (χ4v) is 3.29. The van der Waals surface area contributed by atoms with E-state index in [0.29, 0.717) is 11.1 Å². The SMILES string of the molecule is N#CCC1(C(=O)NCC(F)(F)F)c2ccccc2-c2ccccc21. The van der Waals surface area contributed by atoms with Gasteiger partial charge in [-0.15, -0.1) is 0 Å². The van der Waals surface area contributed by atoms with Gasteiger partial charge in [-0.1, -0.05) is 48.5 Å². The zero-order valence-corrected chi connectivity index (χ0v) is 12.5. The fourth-order valence-electron chi connectivity index (χ4n) is 3.29. The lowest BCUT2D eigenvalue weighted by Crippen LogP contribution is -2.47. The van der Waals surface area contributed by atoms with E-state index in [1.54, 1.807) is 36.4 Å². The van der Waals surface area contributed by atoms with Crippen molar-refractivity contribution in [3.8, 4) is 17.2 Å². The first-order chi connectivity index (χ1) is 11.4. The second-order valence-corrected chi connectivity index (χ2v) is 5.63. The van der Waals surface area contributed by atoms with Crippen LogP contribution < -0.4 is 5.32 Å². The van der Waals surface area contributed by atoms with E-state index in [1.807, 2.05) is 23.5 Å². The van der Waals surface area contributed by atoms with Crippen LogP contribution in [0.4, 0.5) is 13.2 Å². The lowest BCUT2D eigenvalue weighted by atomic mass is 9.75. The van der Waals surface area contributed by atoms with Gasteiger partial charge in [0.1, 0.15) is 12.0 Å². The molecule has 3 nitrogen and oxygen atoms in total. The first-order valence-electron chi connectivity index (χ1n) is 7.31. The Bertz CT molecular complexity index is 791. The van der Waals surface area contributed by atoms with Crippen molar-refractivity contribution in [1.29, 1.82) is 5.26 Å². The molecule has 2 aromatic rings. The van der Waals surface area contributed by atoms with Crippen LogP contribution in [0.1, 0.15) is 17.5 Å². The Morgan fingerprint density at radius 2 is 1.54 bits per heavy atom. The summed E-state index contributed by atoms with van der Waals surface area (Å²) in [6, 6.07) is 16.0. The Kier molecular flexibility index (Phi) is 3.80. The topological polar surface area (TPSA) is 52.9 Å². The summed E-state index contributed by atoms with van der Waals surface area (Å²) in [4.78, 5) is 12.8. The number of hydrogen-bond donors (Lipinski definition) is 1. The normalized spacial score (nSPS) is 14.4. The molecule has 0 aliphatic heterocycles. The van der Waals surface area contributed by atoms with Crippen LogP contribution in [0.25, 0.3) is 11.1 Å². The molecule has 1 N–H and O–H groups in total. The number of fused-ring (bicyclic) bond motifs is 3. The molecule has 0 fully saturated rings. The van der Waals surface area contributed by atoms with Gasteiger partial charge in [0, 0.05) is 0 Å². The van der Waals surface area contributed by atoms with Crippen LogP contribution in [-0.4, -0.2) is 18.6 Å². The van der Waals surface area contributed by atoms with Gasteiger partial charge in [-0.25, -0.2) is 0 Å². The number of rotatable bonds is 3. The number of halogens is 3. The van der Waals surface area contributed by atoms with Crippen molar-refractivity contribution in [3.05, 3.63) is 59.7 Å². The second kappa shape index (κ2) is 5.68. The minimum atomic E-state index is -4.51. The Morgan fingerprint density at radius 1 is 1.04 bits per heavy atom. The molecule has 0 atom stereocenters. The highest BCUT2D eigenvalue weighted by Gasteiger charge is 2.49. The quantitative estimate of drug-likeness (QED) is 0.936. The maximum absolute atomic E-state index is 12.8. The summed E-state index contributed by atoms with van der Waals surface area (Å²) in [5.74, 6) is -0.807. The third-order valence-electron chi connectivity index (χ3n) is 4.25. The molecule has 6 heteroatoms. The molecule has 1 aliphatic rings. The summed E-state index contributed by atoms with van der Waals surface area (Å²) in [5, 5.41) is 11.2. The van der Waals surface area contributed by atoms with Crippen molar-refractivity contribution < 1.29 is 18.0 Å². The molecule has 0 saturated carbocycles. The van der Waals surface area contributed by atoms with Crippen LogP contribution in [0.3, 0.4) is 0 Å². The third-order valence-corrected chi connectivity index (χ3v) is 4.25. The highest BCUT2D eigenvalue weighted by molar-refractivity contribution is 6.00. The second-order valence-electron chi connectivity index (χ2n) is 5.63. The molecule has 0 bridgehead atoms. The van der Waals surface area contributed by atoms with E-state index in [1.165, 1.54) is 0 Å². The zero-order valence-electron chi connectivity index (χ0n) is 12.5. The number of amides is 1. The van der Waals surface area contributed by atoms with Gasteiger partial charge in [0.05, 0.1) is 12.5 Å². The van der Waals surface area contributed by atoms with Crippen molar-refractivity contribution in [1.82, 2.24) is 5.32 Å². The van der Waals surface area contributed by atoms with E-state index in [0.717, 1.165) is 11.1 Å². The maximum Gasteiger partial charge on any atom is 0.405 e. The van der Waals surface area contributed by atoms with Gasteiger partial charge >= 0.3 is 6.18 Å². The predicted octanol–water partition coefficient (Wildman–Crippen LogP) is 3.55. The molecule has 0 spiro atoms. The highest BCUT2D eigenvalue weighted by Crippen LogP contribution is 2.50. The Labute approximate surface area is 136 Å². The smallest absolute Gasteiger partial charge is 0.346 e. The van der Waals surface area contributed by atoms with Gasteiger partial charge in [0.25, 0.3) is 0 Å². The third kappa shape index (κ3) is 2.42. The number of alkyl halides is 3. The van der Waals surface area contributed by atoms with Crippen LogP contribution in [0.5, 0.6) is 0 Å². The molecule has 3 rings (SSSR count). The van der Waals surface area contributed by atoms with Crippen molar-refractivity contribution >= 4 is 5.91 Å². The molecule has 24 heavy (non-hydrogen) atoms. The molecule has 0 aromatic heterocycles. The first kappa shape index (κ1) is 16.1. The molecule has 2 aromatic carbocycles. The van der Waals surface area contributed by atoms with Crippen molar-refractivity contribution in [2.45, 2.75) is 18.0 Å². The largest absolute Gasteiger partial charge is 0.405 e. The highest BCUT2D eigenvalue weighted by atomic mass is 19.4. The summed E-state index contributed by atoms with van der Waals surface area (Å²) in [6.45, 7) is -1.43. The van der Waals surface area contributed by atoms with Crippen molar-refractivity contribution in [2.24, 2.45) is 0 Å². The van der Waals surface area contributed by atoms with Crippen LogP contribution in [-0.2, 0) is 10.2 Å². The Morgan fingerprint density at radius 3 is 2.00 bits per heavy atom. The van der Waals surface area contributed by atoms with Crippen molar-refractivity contribution in [2.75, 3.05) is 6.54 Å². The predicted molar refractivity (Wildman–Crippen MR) is 82.0 cm³/mol. The van der Waals surface area contributed by atoms with Crippen LogP contribution >= 0.6 is 0 Å². The van der Waals surface area contributed by atoms with Gasteiger partial charge in [-0.05, 0) is 22.3 Å². The number of carbonyl (C=O) groups is 1. The molecule has 1 amide bonds. The first-order valence-corrected chi connectivity index (χ1v) is 7.31. The summed E-state index contributed by atoms with van der Waals surface area (Å²) < 4.78 is 37.6. The molecule has 0 unspecified atom stereocenters. The van der Waals surface area contributed by atoms with Crippen LogP contribution in [0.2, 0.25) is 0 Å². The summed E-state index contributed by atoms with van der Waals surface area (Å²) in [7, 11) is 0. The maximum atomic E-state index is 12.8. The van der Waals surface area contributed by atoms with Gasteiger partial charge in [0.15, 0.2) is 0 Å². The number of hydrogen-bond acceptors (Lipinski definition) is 2. The van der Waals surface area contributed by atoms with E-state index in [-0.39, 0.29) is 6.42 Å². The van der Waals surface area contributed by atoms with E-state index < -0.39 is 24.0 Å². The average molecular weight is 330 g/mol. The minimum Gasteiger partial charge on any atom is -0.346 e. The molecule has 0 heterocycles. The zero-order chi connectivity index (χ0) is 17.4. The van der Waals surface area contributed by atoms with Crippen molar-refractivity contribution in [3.63, 3.8) is 0 Å². The standard InChI is InChI=1S/C18H13F3N2O/c19-18(20,21)11-23-16(24)17(9-10-22)14-7-3-1-5-12(14)13-6-2-4-8-15(13)17/h1-8H,9,11H2,(H,23,24). The minimum absolute atomic E-state index is 0.231. The van der Waals surface area contributed by atoms with Gasteiger partial charge in [0.2, 0.25) is 5.91 Å². The number of carbonyl (C=O) groups excluding carboxylic acids is 1. The summed E-state index contributed by atoms with van der Waals surface area (Å²) in [5.41, 5.74) is 1.24. The lowest BCUT2D eigenvalue weighted by Gasteiger charge is -2.28. The molecular weight excluding hydrogens is 317 g/mol. The fraction of sp³-hybridized carbons (Fsp3) is 0.222.